The van der Waals surface area contributed by atoms with E-state index in [1.807, 2.05) is 60.7 Å². The molecule has 2 aromatic carbocycles. The van der Waals surface area contributed by atoms with Gasteiger partial charge in [-0.3, -0.25) is 9.59 Å². The Labute approximate surface area is 220 Å². The Bertz CT molecular complexity index is 1310. The maximum absolute atomic E-state index is 12.6. The minimum atomic E-state index is -0.137. The molecule has 0 aliphatic heterocycles. The third-order valence-corrected chi connectivity index (χ3v) is 6.72. The fourth-order valence-corrected chi connectivity index (χ4v) is 4.73. The van der Waals surface area contributed by atoms with E-state index in [1.54, 1.807) is 6.07 Å². The number of nitrogen functional groups attached to an aromatic ring is 1. The average molecular weight is 515 g/mol. The van der Waals surface area contributed by atoms with E-state index in [4.69, 9.17) is 5.73 Å². The smallest absolute Gasteiger partial charge is 0.230 e. The highest BCUT2D eigenvalue weighted by atomic mass is 32.1. The van der Waals surface area contributed by atoms with Crippen LogP contribution >= 0.6 is 11.3 Å². The lowest BCUT2D eigenvalue weighted by Crippen LogP contribution is -2.14. The van der Waals surface area contributed by atoms with Gasteiger partial charge in [-0.05, 0) is 54.5 Å². The van der Waals surface area contributed by atoms with Crippen LogP contribution in [0.25, 0.3) is 0 Å². The Morgan fingerprint density at radius 1 is 0.757 bits per heavy atom. The molecule has 3 N–H and O–H groups in total. The third-order valence-electron chi connectivity index (χ3n) is 5.82. The standard InChI is InChI=1S/C28H30N6O2S/c29-25-16-14-23(31-32-25)11-4-5-12-27-33-34-28(37-27)30-26(36)19-22-10-6-9-21(17-22)13-15-24(35)18-20-7-2-1-3-8-20/h1-3,6-10,14,16-17H,4-5,11-13,15,18-19H2,(H2,29,32)(H,30,34,36). The molecule has 9 heteroatoms. The van der Waals surface area contributed by atoms with Crippen molar-refractivity contribution in [1.82, 2.24) is 20.4 Å². The quantitative estimate of drug-likeness (QED) is 0.253. The fourth-order valence-electron chi connectivity index (χ4n) is 3.93. The summed E-state index contributed by atoms with van der Waals surface area (Å²) >= 11 is 1.40. The highest BCUT2D eigenvalue weighted by Gasteiger charge is 2.10. The van der Waals surface area contributed by atoms with Gasteiger partial charge < -0.3 is 11.1 Å². The Morgan fingerprint density at radius 3 is 2.35 bits per heavy atom. The second kappa shape index (κ2) is 13.4. The van der Waals surface area contributed by atoms with E-state index in [-0.39, 0.29) is 18.1 Å². The highest BCUT2D eigenvalue weighted by molar-refractivity contribution is 7.15. The van der Waals surface area contributed by atoms with Gasteiger partial charge in [-0.1, -0.05) is 65.9 Å². The summed E-state index contributed by atoms with van der Waals surface area (Å²) in [5.41, 5.74) is 9.47. The predicted octanol–water partition coefficient (Wildman–Crippen LogP) is 4.40. The number of hydrogen-bond acceptors (Lipinski definition) is 8. The molecular weight excluding hydrogens is 484 g/mol. The molecule has 0 atom stereocenters. The monoisotopic (exact) mass is 514 g/mol. The van der Waals surface area contributed by atoms with Gasteiger partial charge in [0, 0.05) is 19.3 Å². The largest absolute Gasteiger partial charge is 0.382 e. The van der Waals surface area contributed by atoms with E-state index in [0.717, 1.165) is 53.1 Å². The molecule has 1 amide bonds. The van der Waals surface area contributed by atoms with Gasteiger partial charge in [0.25, 0.3) is 0 Å². The molecule has 0 unspecified atom stereocenters. The number of hydrogen-bond donors (Lipinski definition) is 2. The molecular formula is C28H30N6O2S. The number of carbonyl (C=O) groups excluding carboxylic acids is 2. The van der Waals surface area contributed by atoms with E-state index < -0.39 is 0 Å². The van der Waals surface area contributed by atoms with Crippen LogP contribution < -0.4 is 11.1 Å². The van der Waals surface area contributed by atoms with Crippen LogP contribution in [-0.2, 0) is 41.7 Å². The number of amides is 1. The van der Waals surface area contributed by atoms with E-state index in [0.29, 0.717) is 30.2 Å². The van der Waals surface area contributed by atoms with Crippen molar-refractivity contribution in [3.05, 3.63) is 94.1 Å². The Hall–Kier alpha value is -3.98. The number of anilines is 2. The molecule has 190 valence electrons. The molecule has 0 fully saturated rings. The van der Waals surface area contributed by atoms with Crippen molar-refractivity contribution >= 4 is 34.0 Å². The lowest BCUT2D eigenvalue weighted by Gasteiger charge is -2.06. The van der Waals surface area contributed by atoms with Gasteiger partial charge in [0.2, 0.25) is 11.0 Å². The molecule has 0 saturated heterocycles. The van der Waals surface area contributed by atoms with Crippen molar-refractivity contribution in [2.45, 2.75) is 51.4 Å². The Balaban J connectivity index is 1.18. The minimum absolute atomic E-state index is 0.137. The number of nitrogens with one attached hydrogen (secondary N) is 1. The van der Waals surface area contributed by atoms with Gasteiger partial charge in [-0.15, -0.1) is 15.3 Å². The van der Waals surface area contributed by atoms with Crippen LogP contribution in [0.15, 0.2) is 66.7 Å². The van der Waals surface area contributed by atoms with E-state index in [1.165, 1.54) is 11.3 Å². The first-order valence-electron chi connectivity index (χ1n) is 12.4. The zero-order chi connectivity index (χ0) is 25.9. The Kier molecular flexibility index (Phi) is 9.42. The highest BCUT2D eigenvalue weighted by Crippen LogP contribution is 2.18. The van der Waals surface area contributed by atoms with Crippen LogP contribution in [0, 0.1) is 0 Å². The second-order valence-electron chi connectivity index (χ2n) is 8.90. The Morgan fingerprint density at radius 2 is 1.54 bits per heavy atom. The maximum atomic E-state index is 12.6. The molecule has 0 spiro atoms. The van der Waals surface area contributed by atoms with Crippen LogP contribution in [0.1, 0.15) is 46.7 Å². The van der Waals surface area contributed by atoms with Gasteiger partial charge in [0.05, 0.1) is 12.1 Å². The van der Waals surface area contributed by atoms with Crippen LogP contribution in [-0.4, -0.2) is 32.1 Å². The number of unbranched alkanes of at least 4 members (excludes halogenated alkanes) is 1. The molecule has 0 aliphatic carbocycles. The zero-order valence-corrected chi connectivity index (χ0v) is 21.4. The van der Waals surface area contributed by atoms with Crippen LogP contribution in [0.3, 0.4) is 0 Å². The number of rotatable bonds is 13. The summed E-state index contributed by atoms with van der Waals surface area (Å²) < 4.78 is 0. The lowest BCUT2D eigenvalue weighted by atomic mass is 10.0. The fraction of sp³-hybridized carbons (Fsp3) is 0.286. The van der Waals surface area contributed by atoms with E-state index in [2.05, 4.69) is 25.7 Å². The summed E-state index contributed by atoms with van der Waals surface area (Å²) in [4.78, 5) is 24.9. The third kappa shape index (κ3) is 8.88. The summed E-state index contributed by atoms with van der Waals surface area (Å²) in [5.74, 6) is 0.494. The molecule has 0 bridgehead atoms. The van der Waals surface area contributed by atoms with E-state index in [9.17, 15) is 9.59 Å². The molecule has 4 rings (SSSR count). The van der Waals surface area contributed by atoms with Crippen LogP contribution in [0.5, 0.6) is 0 Å². The molecule has 0 radical (unpaired) electrons. The zero-order valence-electron chi connectivity index (χ0n) is 20.6. The number of nitrogens with zero attached hydrogens (tertiary/aromatic N) is 4. The molecule has 0 saturated carbocycles. The second-order valence-corrected chi connectivity index (χ2v) is 9.97. The molecule has 2 heterocycles. The molecule has 2 aromatic heterocycles. The van der Waals surface area contributed by atoms with Crippen LogP contribution in [0.2, 0.25) is 0 Å². The summed E-state index contributed by atoms with van der Waals surface area (Å²) in [6.07, 6.45) is 5.34. The summed E-state index contributed by atoms with van der Waals surface area (Å²) in [6.45, 7) is 0. The van der Waals surface area contributed by atoms with Gasteiger partial charge in [-0.2, -0.15) is 5.10 Å². The van der Waals surface area contributed by atoms with Gasteiger partial charge in [0.15, 0.2) is 0 Å². The summed E-state index contributed by atoms with van der Waals surface area (Å²) in [6, 6.07) is 21.3. The van der Waals surface area contributed by atoms with Crippen molar-refractivity contribution < 1.29 is 9.59 Å². The lowest BCUT2D eigenvalue weighted by molar-refractivity contribution is -0.118. The van der Waals surface area contributed by atoms with Gasteiger partial charge in [0.1, 0.15) is 16.6 Å². The number of benzene rings is 2. The van der Waals surface area contributed by atoms with Crippen molar-refractivity contribution in [2.75, 3.05) is 11.1 Å². The van der Waals surface area contributed by atoms with Gasteiger partial charge in [-0.25, -0.2) is 0 Å². The molecule has 37 heavy (non-hydrogen) atoms. The summed E-state index contributed by atoms with van der Waals surface area (Å²) in [7, 11) is 0. The van der Waals surface area contributed by atoms with E-state index >= 15 is 0 Å². The number of Topliss-reactive ketones (excluding diaryl/α,β-unsaturated/α-hetero) is 1. The number of aryl methyl sites for hydroxylation is 3. The number of aromatic nitrogens is 4. The molecule has 4 aromatic rings. The van der Waals surface area contributed by atoms with Crippen molar-refractivity contribution in [2.24, 2.45) is 0 Å². The van der Waals surface area contributed by atoms with Crippen LogP contribution in [0.4, 0.5) is 10.9 Å². The number of carbonyl (C=O) groups is 2. The first-order chi connectivity index (χ1) is 18.0. The first-order valence-corrected chi connectivity index (χ1v) is 13.2. The maximum Gasteiger partial charge on any atom is 0.230 e. The SMILES string of the molecule is Nc1ccc(CCCCc2nnc(NC(=O)Cc3cccc(CCC(=O)Cc4ccccc4)c3)s2)nn1. The van der Waals surface area contributed by atoms with Crippen molar-refractivity contribution in [1.29, 1.82) is 0 Å². The van der Waals surface area contributed by atoms with Gasteiger partial charge >= 0.3 is 0 Å². The van der Waals surface area contributed by atoms with Crippen molar-refractivity contribution in [3.63, 3.8) is 0 Å². The average Bonchev–Trinajstić information content (AvgIpc) is 3.34. The molecule has 8 nitrogen and oxygen atoms in total. The normalized spacial score (nSPS) is 10.8. The molecule has 0 aliphatic rings. The predicted molar refractivity (Wildman–Crippen MR) is 145 cm³/mol. The number of nitrogens with two attached hydrogens (primary N) is 1. The van der Waals surface area contributed by atoms with Crippen molar-refractivity contribution in [3.8, 4) is 0 Å². The number of ketones is 1. The summed E-state index contributed by atoms with van der Waals surface area (Å²) in [5, 5.41) is 20.5. The topological polar surface area (TPSA) is 124 Å². The minimum Gasteiger partial charge on any atom is -0.382 e. The first kappa shape index (κ1) is 26.1.